The number of aromatic nitrogens is 2. The maximum absolute atomic E-state index is 6.23. The summed E-state index contributed by atoms with van der Waals surface area (Å²) < 4.78 is 0.960. The number of nitrogens with zero attached hydrogens (tertiary/aromatic N) is 2. The molecule has 0 unspecified atom stereocenters. The second-order valence-electron chi connectivity index (χ2n) is 5.09. The summed E-state index contributed by atoms with van der Waals surface area (Å²) in [6.45, 7) is 0. The molecule has 2 aromatic rings. The summed E-state index contributed by atoms with van der Waals surface area (Å²) in [6.07, 6.45) is 2.90. The molecule has 0 saturated heterocycles. The van der Waals surface area contributed by atoms with Crippen LogP contribution in [-0.4, -0.2) is 17.0 Å². The average Bonchev–Trinajstić information content (AvgIpc) is 3.29. The Morgan fingerprint density at radius 3 is 2.48 bits per heavy atom. The summed E-state index contributed by atoms with van der Waals surface area (Å²) in [5, 5.41) is 4.40. The first-order valence-electron chi connectivity index (χ1n) is 6.77. The molecule has 3 nitrogen and oxygen atoms in total. The molecule has 21 heavy (non-hydrogen) atoms. The Morgan fingerprint density at radius 2 is 1.90 bits per heavy atom. The summed E-state index contributed by atoms with van der Waals surface area (Å²) in [6, 6.07) is 5.51. The van der Waals surface area contributed by atoms with E-state index in [1.165, 1.54) is 12.8 Å². The summed E-state index contributed by atoms with van der Waals surface area (Å²) in [5.41, 5.74) is 1.94. The quantitative estimate of drug-likeness (QED) is 0.798. The smallest absolute Gasteiger partial charge is 0.144 e. The molecule has 3 rings (SSSR count). The molecule has 0 aliphatic heterocycles. The van der Waals surface area contributed by atoms with Gasteiger partial charge in [0.25, 0.3) is 0 Å². The van der Waals surface area contributed by atoms with E-state index in [1.54, 1.807) is 0 Å². The third-order valence-corrected chi connectivity index (χ3v) is 5.01. The van der Waals surface area contributed by atoms with Crippen molar-refractivity contribution < 1.29 is 0 Å². The average molecular weight is 387 g/mol. The molecule has 0 bridgehead atoms. The van der Waals surface area contributed by atoms with Crippen LogP contribution in [0.5, 0.6) is 0 Å². The van der Waals surface area contributed by atoms with Crippen LogP contribution in [0.2, 0.25) is 10.0 Å². The van der Waals surface area contributed by atoms with Gasteiger partial charge in [-0.3, -0.25) is 0 Å². The highest BCUT2D eigenvalue weighted by Crippen LogP contribution is 2.44. The van der Waals surface area contributed by atoms with Crippen LogP contribution in [-0.2, 0) is 6.42 Å². The van der Waals surface area contributed by atoms with Gasteiger partial charge in [0.05, 0.1) is 10.2 Å². The molecule has 110 valence electrons. The van der Waals surface area contributed by atoms with Crippen LogP contribution in [0.1, 0.15) is 35.8 Å². The third-order valence-electron chi connectivity index (χ3n) is 3.52. The Bertz CT molecular complexity index is 667. The molecule has 1 N–H and O–H groups in total. The first-order valence-corrected chi connectivity index (χ1v) is 8.32. The monoisotopic (exact) mass is 385 g/mol. The summed E-state index contributed by atoms with van der Waals surface area (Å²) in [4.78, 5) is 9.26. The van der Waals surface area contributed by atoms with Gasteiger partial charge in [0.1, 0.15) is 11.6 Å². The van der Waals surface area contributed by atoms with Crippen molar-refractivity contribution in [2.75, 3.05) is 12.4 Å². The maximum Gasteiger partial charge on any atom is 0.144 e. The van der Waals surface area contributed by atoms with Gasteiger partial charge in [0.15, 0.2) is 0 Å². The summed E-state index contributed by atoms with van der Waals surface area (Å²) in [5.74, 6) is 2.08. The van der Waals surface area contributed by atoms with Gasteiger partial charge in [0, 0.05) is 29.4 Å². The van der Waals surface area contributed by atoms with E-state index in [0.717, 1.165) is 27.4 Å². The molecular formula is C15H14BrCl2N3. The fourth-order valence-electron chi connectivity index (χ4n) is 2.24. The van der Waals surface area contributed by atoms with E-state index in [-0.39, 0.29) is 0 Å². The van der Waals surface area contributed by atoms with Crippen molar-refractivity contribution >= 4 is 44.9 Å². The minimum atomic E-state index is 0.528. The lowest BCUT2D eigenvalue weighted by Gasteiger charge is -2.12. The molecule has 0 radical (unpaired) electrons. The van der Waals surface area contributed by atoms with Crippen molar-refractivity contribution in [3.05, 3.63) is 49.8 Å². The highest BCUT2D eigenvalue weighted by atomic mass is 79.9. The van der Waals surface area contributed by atoms with Gasteiger partial charge in [-0.1, -0.05) is 29.3 Å². The van der Waals surface area contributed by atoms with Crippen LogP contribution < -0.4 is 5.32 Å². The fourth-order valence-corrected chi connectivity index (χ4v) is 3.47. The van der Waals surface area contributed by atoms with Gasteiger partial charge in [0.2, 0.25) is 0 Å². The molecule has 6 heteroatoms. The highest BCUT2D eigenvalue weighted by Gasteiger charge is 2.29. The maximum atomic E-state index is 6.23. The van der Waals surface area contributed by atoms with Crippen LogP contribution >= 0.6 is 39.1 Å². The van der Waals surface area contributed by atoms with E-state index < -0.39 is 0 Å². The minimum absolute atomic E-state index is 0.528. The van der Waals surface area contributed by atoms with Crippen molar-refractivity contribution in [1.29, 1.82) is 0 Å². The van der Waals surface area contributed by atoms with Crippen molar-refractivity contribution in [2.45, 2.75) is 25.2 Å². The number of halogens is 3. The first-order chi connectivity index (χ1) is 10.1. The Labute approximate surface area is 142 Å². The zero-order valence-electron chi connectivity index (χ0n) is 11.5. The lowest BCUT2D eigenvalue weighted by atomic mass is 10.1. The largest absolute Gasteiger partial charge is 0.372 e. The van der Waals surface area contributed by atoms with Gasteiger partial charge in [-0.15, -0.1) is 0 Å². The molecule has 1 fully saturated rings. The molecule has 0 atom stereocenters. The lowest BCUT2D eigenvalue weighted by Crippen LogP contribution is -2.06. The number of hydrogen-bond acceptors (Lipinski definition) is 3. The first kappa shape index (κ1) is 15.1. The molecular weight excluding hydrogens is 373 g/mol. The van der Waals surface area contributed by atoms with Gasteiger partial charge in [-0.05, 0) is 46.5 Å². The number of benzene rings is 1. The van der Waals surface area contributed by atoms with Crippen molar-refractivity contribution in [3.8, 4) is 0 Å². The molecule has 1 aromatic heterocycles. The lowest BCUT2D eigenvalue weighted by molar-refractivity contribution is 0.892. The molecule has 1 aromatic carbocycles. The van der Waals surface area contributed by atoms with E-state index in [1.807, 2.05) is 25.2 Å². The zero-order valence-corrected chi connectivity index (χ0v) is 14.6. The number of anilines is 1. The Morgan fingerprint density at radius 1 is 1.24 bits per heavy atom. The molecule has 1 saturated carbocycles. The SMILES string of the molecule is CNc1nc(Cc2c(Cl)cccc2Cl)nc(C2CC2)c1Br. The number of nitrogens with one attached hydrogen (secondary N) is 1. The van der Waals surface area contributed by atoms with Crippen LogP contribution in [0.3, 0.4) is 0 Å². The van der Waals surface area contributed by atoms with E-state index in [0.29, 0.717) is 22.4 Å². The highest BCUT2D eigenvalue weighted by molar-refractivity contribution is 9.10. The van der Waals surface area contributed by atoms with Gasteiger partial charge in [-0.2, -0.15) is 0 Å². The van der Waals surface area contributed by atoms with Crippen molar-refractivity contribution in [2.24, 2.45) is 0 Å². The Hall–Kier alpha value is -0.840. The topological polar surface area (TPSA) is 37.8 Å². The number of rotatable bonds is 4. The summed E-state index contributed by atoms with van der Waals surface area (Å²) in [7, 11) is 1.86. The molecule has 1 heterocycles. The Balaban J connectivity index is 2.00. The van der Waals surface area contributed by atoms with Gasteiger partial charge in [-0.25, -0.2) is 9.97 Å². The standard InChI is InChI=1S/C15H14BrCl2N3/c1-19-15-13(16)14(8-5-6-8)20-12(21-15)7-9-10(17)3-2-4-11(9)18/h2-4,8H,5-7H2,1H3,(H,19,20,21). The molecule has 0 spiro atoms. The van der Waals surface area contributed by atoms with E-state index in [4.69, 9.17) is 28.2 Å². The van der Waals surface area contributed by atoms with E-state index in [2.05, 4.69) is 26.2 Å². The van der Waals surface area contributed by atoms with Crippen molar-refractivity contribution in [3.63, 3.8) is 0 Å². The summed E-state index contributed by atoms with van der Waals surface area (Å²) >= 11 is 16.1. The Kier molecular flexibility index (Phi) is 4.38. The molecule has 1 aliphatic carbocycles. The third kappa shape index (κ3) is 3.17. The van der Waals surface area contributed by atoms with Crippen LogP contribution in [0.25, 0.3) is 0 Å². The predicted octanol–water partition coefficient (Wildman–Crippen LogP) is 5.06. The fraction of sp³-hybridized carbons (Fsp3) is 0.333. The second-order valence-corrected chi connectivity index (χ2v) is 6.70. The minimum Gasteiger partial charge on any atom is -0.372 e. The second kappa shape index (κ2) is 6.11. The van der Waals surface area contributed by atoms with Crippen molar-refractivity contribution in [1.82, 2.24) is 9.97 Å². The van der Waals surface area contributed by atoms with E-state index >= 15 is 0 Å². The molecule has 1 aliphatic rings. The van der Waals surface area contributed by atoms with E-state index in [9.17, 15) is 0 Å². The normalized spacial score (nSPS) is 14.3. The van der Waals surface area contributed by atoms with Gasteiger partial charge >= 0.3 is 0 Å². The zero-order chi connectivity index (χ0) is 15.0. The van der Waals surface area contributed by atoms with Crippen LogP contribution in [0, 0.1) is 0 Å². The van der Waals surface area contributed by atoms with Gasteiger partial charge < -0.3 is 5.32 Å². The van der Waals surface area contributed by atoms with Crippen LogP contribution in [0.4, 0.5) is 5.82 Å². The molecule has 0 amide bonds. The van der Waals surface area contributed by atoms with Crippen LogP contribution in [0.15, 0.2) is 22.7 Å². The predicted molar refractivity (Wildman–Crippen MR) is 90.5 cm³/mol. The number of hydrogen-bond donors (Lipinski definition) is 1.